The average molecular weight is 262 g/mol. The number of hydrogen-bond donors (Lipinski definition) is 0. The van der Waals surface area contributed by atoms with Gasteiger partial charge in [0, 0.05) is 5.56 Å². The van der Waals surface area contributed by atoms with Crippen molar-refractivity contribution in [3.05, 3.63) is 27.3 Å². The summed E-state index contributed by atoms with van der Waals surface area (Å²) in [6, 6.07) is 3.45. The molecule has 0 saturated carbocycles. The monoisotopic (exact) mass is 262 g/mol. The highest BCUT2D eigenvalue weighted by molar-refractivity contribution is 14.1. The molecule has 0 aliphatic heterocycles. The summed E-state index contributed by atoms with van der Waals surface area (Å²) in [5.74, 6) is -0.410. The van der Waals surface area contributed by atoms with Crippen molar-refractivity contribution in [1.82, 2.24) is 4.98 Å². The zero-order chi connectivity index (χ0) is 8.27. The molecule has 1 aromatic heterocycles. The first-order chi connectivity index (χ1) is 5.24. The molecule has 0 bridgehead atoms. The van der Waals surface area contributed by atoms with E-state index in [2.05, 4.69) is 4.98 Å². The third kappa shape index (κ3) is 2.12. The van der Waals surface area contributed by atoms with Crippen molar-refractivity contribution < 1.29 is 4.39 Å². The summed E-state index contributed by atoms with van der Waals surface area (Å²) < 4.78 is 13.4. The Morgan fingerprint density at radius 3 is 3.09 bits per heavy atom. The van der Waals surface area contributed by atoms with E-state index in [-0.39, 0.29) is 6.42 Å². The Labute approximate surface area is 77.2 Å². The van der Waals surface area contributed by atoms with E-state index in [0.29, 0.717) is 9.26 Å². The molecule has 0 atom stereocenters. The lowest BCUT2D eigenvalue weighted by molar-refractivity contribution is 0.607. The van der Waals surface area contributed by atoms with Crippen LogP contribution < -0.4 is 0 Å². The minimum Gasteiger partial charge on any atom is -0.247 e. The number of hydrogen-bond acceptors (Lipinski definition) is 2. The molecule has 0 unspecified atom stereocenters. The van der Waals surface area contributed by atoms with Gasteiger partial charge in [0.25, 0.3) is 0 Å². The van der Waals surface area contributed by atoms with Gasteiger partial charge in [0.2, 0.25) is 0 Å². The van der Waals surface area contributed by atoms with Crippen LogP contribution in [0.15, 0.2) is 12.3 Å². The van der Waals surface area contributed by atoms with Gasteiger partial charge in [0.15, 0.2) is 0 Å². The fraction of sp³-hybridized carbons (Fsp3) is 0.143. The van der Waals surface area contributed by atoms with Gasteiger partial charge in [-0.3, -0.25) is 0 Å². The van der Waals surface area contributed by atoms with Crippen molar-refractivity contribution in [3.63, 3.8) is 0 Å². The topological polar surface area (TPSA) is 36.7 Å². The number of rotatable bonds is 1. The third-order valence-corrected chi connectivity index (χ3v) is 1.76. The summed E-state index contributed by atoms with van der Waals surface area (Å²) in [6.07, 6.45) is 1.23. The number of pyridine rings is 1. The molecule has 0 spiro atoms. The molecule has 4 heteroatoms. The Kier molecular flexibility index (Phi) is 2.76. The summed E-state index contributed by atoms with van der Waals surface area (Å²) in [4.78, 5) is 3.72. The van der Waals surface area contributed by atoms with Gasteiger partial charge in [0.05, 0.1) is 18.7 Å². The maximum atomic E-state index is 12.7. The maximum absolute atomic E-state index is 12.7. The van der Waals surface area contributed by atoms with E-state index in [0.717, 1.165) is 6.20 Å². The van der Waals surface area contributed by atoms with Crippen LogP contribution in [0.25, 0.3) is 0 Å². The van der Waals surface area contributed by atoms with E-state index in [1.807, 2.05) is 28.7 Å². The second kappa shape index (κ2) is 3.62. The predicted octanol–water partition coefficient (Wildman–Crippen LogP) is 1.89. The lowest BCUT2D eigenvalue weighted by Crippen LogP contribution is -1.91. The van der Waals surface area contributed by atoms with E-state index in [1.54, 1.807) is 6.07 Å². The van der Waals surface area contributed by atoms with Crippen molar-refractivity contribution in [2.45, 2.75) is 6.42 Å². The molecule has 1 heterocycles. The Morgan fingerprint density at radius 2 is 2.45 bits per heavy atom. The van der Waals surface area contributed by atoms with Crippen molar-refractivity contribution in [2.24, 2.45) is 0 Å². The zero-order valence-corrected chi connectivity index (χ0v) is 7.67. The Balaban J connectivity index is 3.05. The van der Waals surface area contributed by atoms with Crippen molar-refractivity contribution in [2.75, 3.05) is 0 Å². The molecule has 0 aliphatic carbocycles. The Morgan fingerprint density at radius 1 is 1.73 bits per heavy atom. The summed E-state index contributed by atoms with van der Waals surface area (Å²) in [6.45, 7) is 0. The highest BCUT2D eigenvalue weighted by atomic mass is 127. The SMILES string of the molecule is N#CCc1cc(I)ncc1F. The van der Waals surface area contributed by atoms with E-state index >= 15 is 0 Å². The standard InChI is InChI=1S/C7H4FIN2/c8-6-4-11-7(9)3-5(6)1-2-10/h3-4H,1H2. The van der Waals surface area contributed by atoms with Crippen LogP contribution >= 0.6 is 22.6 Å². The zero-order valence-electron chi connectivity index (χ0n) is 5.51. The fourth-order valence-electron chi connectivity index (χ4n) is 0.672. The first kappa shape index (κ1) is 8.40. The molecule has 0 aliphatic rings. The van der Waals surface area contributed by atoms with E-state index in [4.69, 9.17) is 5.26 Å². The highest BCUT2D eigenvalue weighted by Gasteiger charge is 2.01. The molecule has 0 N–H and O–H groups in total. The summed E-state index contributed by atoms with van der Waals surface area (Å²) in [7, 11) is 0. The second-order valence-corrected chi connectivity index (χ2v) is 3.04. The first-order valence-electron chi connectivity index (χ1n) is 2.91. The van der Waals surface area contributed by atoms with Gasteiger partial charge < -0.3 is 0 Å². The number of aromatic nitrogens is 1. The van der Waals surface area contributed by atoms with E-state index in [1.165, 1.54) is 0 Å². The minimum absolute atomic E-state index is 0.102. The molecular formula is C7H4FIN2. The molecule has 2 nitrogen and oxygen atoms in total. The van der Waals surface area contributed by atoms with Crippen LogP contribution in [0.2, 0.25) is 0 Å². The molecule has 0 fully saturated rings. The van der Waals surface area contributed by atoms with Gasteiger partial charge >= 0.3 is 0 Å². The largest absolute Gasteiger partial charge is 0.247 e. The lowest BCUT2D eigenvalue weighted by Gasteiger charge is -1.96. The molecule has 0 radical (unpaired) electrons. The average Bonchev–Trinajstić information content (AvgIpc) is 1.98. The molecule has 0 aromatic carbocycles. The van der Waals surface area contributed by atoms with Crippen LogP contribution in [-0.2, 0) is 6.42 Å². The van der Waals surface area contributed by atoms with E-state index in [9.17, 15) is 4.39 Å². The van der Waals surface area contributed by atoms with Gasteiger partial charge in [-0.25, -0.2) is 9.37 Å². The van der Waals surface area contributed by atoms with Gasteiger partial charge in [0.1, 0.15) is 9.52 Å². The van der Waals surface area contributed by atoms with Crippen LogP contribution in [0, 0.1) is 20.8 Å². The maximum Gasteiger partial charge on any atom is 0.145 e. The number of nitrogens with zero attached hydrogens (tertiary/aromatic N) is 2. The van der Waals surface area contributed by atoms with Crippen LogP contribution in [-0.4, -0.2) is 4.98 Å². The smallest absolute Gasteiger partial charge is 0.145 e. The third-order valence-electron chi connectivity index (χ3n) is 1.17. The molecule has 11 heavy (non-hydrogen) atoms. The molecule has 1 aromatic rings. The van der Waals surface area contributed by atoms with Crippen LogP contribution in [0.3, 0.4) is 0 Å². The summed E-state index contributed by atoms with van der Waals surface area (Å²) >= 11 is 1.97. The molecular weight excluding hydrogens is 258 g/mol. The summed E-state index contributed by atoms with van der Waals surface area (Å²) in [5.41, 5.74) is 0.409. The molecule has 0 amide bonds. The highest BCUT2D eigenvalue weighted by Crippen LogP contribution is 2.09. The van der Waals surface area contributed by atoms with Crippen LogP contribution in [0.5, 0.6) is 0 Å². The van der Waals surface area contributed by atoms with Crippen LogP contribution in [0.1, 0.15) is 5.56 Å². The number of nitriles is 1. The fourth-order valence-corrected chi connectivity index (χ4v) is 1.19. The molecule has 0 saturated heterocycles. The molecule has 56 valence electrons. The predicted molar refractivity (Wildman–Crippen MR) is 46.2 cm³/mol. The minimum atomic E-state index is -0.410. The van der Waals surface area contributed by atoms with Gasteiger partial charge in [-0.15, -0.1) is 0 Å². The Hall–Kier alpha value is -0.700. The number of halogens is 2. The summed E-state index contributed by atoms with van der Waals surface area (Å²) in [5, 5.41) is 8.30. The second-order valence-electron chi connectivity index (χ2n) is 1.93. The quantitative estimate of drug-likeness (QED) is 0.572. The van der Waals surface area contributed by atoms with Gasteiger partial charge in [-0.2, -0.15) is 5.26 Å². The van der Waals surface area contributed by atoms with E-state index < -0.39 is 5.82 Å². The van der Waals surface area contributed by atoms with Gasteiger partial charge in [-0.05, 0) is 28.7 Å². The van der Waals surface area contributed by atoms with Crippen molar-refractivity contribution in [3.8, 4) is 6.07 Å². The van der Waals surface area contributed by atoms with Crippen molar-refractivity contribution in [1.29, 1.82) is 5.26 Å². The van der Waals surface area contributed by atoms with Crippen molar-refractivity contribution >= 4 is 22.6 Å². The van der Waals surface area contributed by atoms with Gasteiger partial charge in [-0.1, -0.05) is 0 Å². The first-order valence-corrected chi connectivity index (χ1v) is 3.99. The van der Waals surface area contributed by atoms with Crippen LogP contribution in [0.4, 0.5) is 4.39 Å². The molecule has 1 rings (SSSR count). The normalized spacial score (nSPS) is 9.18. The Bertz CT molecular complexity index is 306. The lowest BCUT2D eigenvalue weighted by atomic mass is 10.2.